The van der Waals surface area contributed by atoms with E-state index in [9.17, 15) is 14.9 Å². The lowest BCUT2D eigenvalue weighted by Crippen LogP contribution is -2.32. The van der Waals surface area contributed by atoms with E-state index in [-0.39, 0.29) is 22.9 Å². The first-order valence-corrected chi connectivity index (χ1v) is 11.5. The fraction of sp³-hybridized carbons (Fsp3) is 0.333. The van der Waals surface area contributed by atoms with Crippen molar-refractivity contribution in [1.82, 2.24) is 9.47 Å². The number of benzene rings is 1. The molecule has 1 aliphatic rings. The van der Waals surface area contributed by atoms with E-state index >= 15 is 0 Å². The van der Waals surface area contributed by atoms with Gasteiger partial charge in [-0.05, 0) is 30.0 Å². The summed E-state index contributed by atoms with van der Waals surface area (Å²) in [5.41, 5.74) is 2.03. The van der Waals surface area contributed by atoms with Crippen LogP contribution in [0.4, 0.5) is 5.82 Å². The zero-order valence-electron chi connectivity index (χ0n) is 18.9. The van der Waals surface area contributed by atoms with E-state index in [1.165, 1.54) is 16.3 Å². The van der Waals surface area contributed by atoms with Gasteiger partial charge in [0, 0.05) is 32.7 Å². The van der Waals surface area contributed by atoms with Crippen molar-refractivity contribution in [3.63, 3.8) is 0 Å². The van der Waals surface area contributed by atoms with Gasteiger partial charge in [-0.3, -0.25) is 19.1 Å². The number of amides is 1. The smallest absolute Gasteiger partial charge is 0.270 e. The molecule has 1 aromatic heterocycles. The van der Waals surface area contributed by atoms with Gasteiger partial charge in [0.1, 0.15) is 21.8 Å². The topological polar surface area (TPSA) is 69.3 Å². The Bertz CT molecular complexity index is 1190. The molecule has 0 spiro atoms. The lowest BCUT2D eigenvalue weighted by Gasteiger charge is -2.26. The second-order valence-corrected chi connectivity index (χ2v) is 9.92. The Morgan fingerprint density at radius 1 is 1.25 bits per heavy atom. The summed E-state index contributed by atoms with van der Waals surface area (Å²) in [4.78, 5) is 30.0. The van der Waals surface area contributed by atoms with Crippen molar-refractivity contribution in [2.45, 2.75) is 27.3 Å². The van der Waals surface area contributed by atoms with E-state index in [0.29, 0.717) is 39.3 Å². The second kappa shape index (κ2) is 9.72. The molecule has 0 radical (unpaired) electrons. The third-order valence-corrected chi connectivity index (χ3v) is 6.67. The third kappa shape index (κ3) is 4.64. The van der Waals surface area contributed by atoms with Crippen molar-refractivity contribution in [3.8, 4) is 6.07 Å². The molecule has 0 atom stereocenters. The maximum Gasteiger partial charge on any atom is 0.270 e. The SMILES string of the molecule is Cc1c(C=C2SC(=S)N(CC(C)C)C2=O)c(N(C)Cc2ccccc2)n(C)c(=O)c1C#N. The number of anilines is 1. The number of pyridine rings is 1. The van der Waals surface area contributed by atoms with Gasteiger partial charge in [-0.25, -0.2) is 0 Å². The number of carbonyl (C=O) groups is 1. The highest BCUT2D eigenvalue weighted by Crippen LogP contribution is 2.36. The van der Waals surface area contributed by atoms with Crippen LogP contribution in [0.25, 0.3) is 6.08 Å². The van der Waals surface area contributed by atoms with Crippen molar-refractivity contribution < 1.29 is 4.79 Å². The number of thioether (sulfide) groups is 1. The van der Waals surface area contributed by atoms with Crippen LogP contribution in [-0.2, 0) is 18.4 Å². The zero-order chi connectivity index (χ0) is 23.6. The van der Waals surface area contributed by atoms with Crippen molar-refractivity contribution >= 4 is 46.1 Å². The van der Waals surface area contributed by atoms with Gasteiger partial charge < -0.3 is 4.90 Å². The van der Waals surface area contributed by atoms with E-state index in [2.05, 4.69) is 0 Å². The van der Waals surface area contributed by atoms with E-state index in [0.717, 1.165) is 5.56 Å². The second-order valence-electron chi connectivity index (χ2n) is 8.24. The number of nitriles is 1. The maximum absolute atomic E-state index is 13.0. The van der Waals surface area contributed by atoms with Gasteiger partial charge in [-0.15, -0.1) is 0 Å². The largest absolute Gasteiger partial charge is 0.356 e. The third-order valence-electron chi connectivity index (χ3n) is 5.29. The number of thiocarbonyl (C=S) groups is 1. The minimum atomic E-state index is -0.357. The standard InChI is InChI=1S/C24H26N4O2S2/c1-15(2)13-28-23(30)20(32-24(28)31)11-18-16(3)19(12-25)22(29)27(5)21(18)26(4)14-17-9-7-6-8-10-17/h6-11,15H,13-14H2,1-5H3. The first-order chi connectivity index (χ1) is 15.1. The molecule has 0 N–H and O–H groups in total. The summed E-state index contributed by atoms with van der Waals surface area (Å²) in [6.45, 7) is 6.94. The van der Waals surface area contributed by atoms with Crippen LogP contribution in [0.3, 0.4) is 0 Å². The lowest BCUT2D eigenvalue weighted by molar-refractivity contribution is -0.122. The summed E-state index contributed by atoms with van der Waals surface area (Å²) in [6, 6.07) is 11.9. The van der Waals surface area contributed by atoms with Crippen molar-refractivity contribution in [3.05, 3.63) is 67.8 Å². The van der Waals surface area contributed by atoms with Gasteiger partial charge >= 0.3 is 0 Å². The number of hydrogen-bond donors (Lipinski definition) is 0. The Labute approximate surface area is 198 Å². The normalized spacial score (nSPS) is 15.0. The minimum Gasteiger partial charge on any atom is -0.356 e. The molecule has 1 saturated heterocycles. The molecule has 3 rings (SSSR count). The number of nitrogens with zero attached hydrogens (tertiary/aromatic N) is 4. The molecule has 0 aliphatic carbocycles. The highest BCUT2D eigenvalue weighted by atomic mass is 32.2. The zero-order valence-corrected chi connectivity index (χ0v) is 20.5. The molecule has 8 heteroatoms. The Balaban J connectivity index is 2.14. The fourth-order valence-corrected chi connectivity index (χ4v) is 5.02. The van der Waals surface area contributed by atoms with Gasteiger partial charge in [-0.2, -0.15) is 5.26 Å². The van der Waals surface area contributed by atoms with E-state index in [1.807, 2.05) is 62.2 Å². The molecule has 2 aromatic rings. The summed E-state index contributed by atoms with van der Waals surface area (Å²) < 4.78 is 2.01. The molecule has 2 heterocycles. The Morgan fingerprint density at radius 3 is 2.50 bits per heavy atom. The van der Waals surface area contributed by atoms with Crippen molar-refractivity contribution in [1.29, 1.82) is 5.26 Å². The predicted molar refractivity (Wildman–Crippen MR) is 134 cm³/mol. The monoisotopic (exact) mass is 466 g/mol. The molecular weight excluding hydrogens is 440 g/mol. The summed E-state index contributed by atoms with van der Waals surface area (Å²) in [6.07, 6.45) is 1.77. The Morgan fingerprint density at radius 2 is 1.91 bits per heavy atom. The van der Waals surface area contributed by atoms with Crippen LogP contribution < -0.4 is 10.5 Å². The summed E-state index contributed by atoms with van der Waals surface area (Å²) in [5.74, 6) is 0.787. The molecule has 166 valence electrons. The predicted octanol–water partition coefficient (Wildman–Crippen LogP) is 4.06. The lowest BCUT2D eigenvalue weighted by atomic mass is 10.0. The van der Waals surface area contributed by atoms with Gasteiger partial charge in [0.2, 0.25) is 0 Å². The van der Waals surface area contributed by atoms with Crippen molar-refractivity contribution in [2.24, 2.45) is 13.0 Å². The molecule has 6 nitrogen and oxygen atoms in total. The summed E-state index contributed by atoms with van der Waals surface area (Å²) in [7, 11) is 3.55. The summed E-state index contributed by atoms with van der Waals surface area (Å²) in [5, 5.41) is 9.61. The maximum atomic E-state index is 13.0. The molecule has 1 amide bonds. The Hall–Kier alpha value is -2.89. The molecule has 1 aliphatic heterocycles. The number of aromatic nitrogens is 1. The molecule has 0 unspecified atom stereocenters. The van der Waals surface area contributed by atoms with Crippen LogP contribution in [-0.4, -0.2) is 33.3 Å². The van der Waals surface area contributed by atoms with Crippen LogP contribution >= 0.6 is 24.0 Å². The van der Waals surface area contributed by atoms with E-state index in [1.54, 1.807) is 24.9 Å². The van der Waals surface area contributed by atoms with Crippen LogP contribution in [0.5, 0.6) is 0 Å². The fourth-order valence-electron chi connectivity index (χ4n) is 3.76. The van der Waals surface area contributed by atoms with Crippen LogP contribution in [0.2, 0.25) is 0 Å². The first kappa shape index (κ1) is 23.8. The highest BCUT2D eigenvalue weighted by Gasteiger charge is 2.33. The number of rotatable bonds is 6. The summed E-state index contributed by atoms with van der Waals surface area (Å²) >= 11 is 6.69. The van der Waals surface area contributed by atoms with Crippen LogP contribution in [0.1, 0.15) is 36.1 Å². The van der Waals surface area contributed by atoms with E-state index in [4.69, 9.17) is 12.2 Å². The average Bonchev–Trinajstić information content (AvgIpc) is 3.00. The van der Waals surface area contributed by atoms with Gasteiger partial charge in [0.25, 0.3) is 11.5 Å². The van der Waals surface area contributed by atoms with Crippen LogP contribution in [0, 0.1) is 24.2 Å². The van der Waals surface area contributed by atoms with Gasteiger partial charge in [0.15, 0.2) is 0 Å². The first-order valence-electron chi connectivity index (χ1n) is 10.3. The number of carbonyl (C=O) groups excluding carboxylic acids is 1. The van der Waals surface area contributed by atoms with E-state index < -0.39 is 0 Å². The number of hydrogen-bond acceptors (Lipinski definition) is 6. The molecule has 32 heavy (non-hydrogen) atoms. The molecule has 0 saturated carbocycles. The van der Waals surface area contributed by atoms with Gasteiger partial charge in [0.05, 0.1) is 4.91 Å². The molecule has 1 fully saturated rings. The van der Waals surface area contributed by atoms with Crippen molar-refractivity contribution in [2.75, 3.05) is 18.5 Å². The quantitative estimate of drug-likeness (QED) is 0.472. The van der Waals surface area contributed by atoms with Crippen LogP contribution in [0.15, 0.2) is 40.0 Å². The van der Waals surface area contributed by atoms with Gasteiger partial charge in [-0.1, -0.05) is 68.2 Å². The minimum absolute atomic E-state index is 0.0771. The highest BCUT2D eigenvalue weighted by molar-refractivity contribution is 8.26. The average molecular weight is 467 g/mol. The molecular formula is C24H26N4O2S2. The molecule has 0 bridgehead atoms. The molecule has 1 aromatic carbocycles. The Kier molecular flexibility index (Phi) is 7.22.